The Kier molecular flexibility index (Phi) is 4.28. The maximum atomic E-state index is 12.4. The molecule has 6 nitrogen and oxygen atoms in total. The molecule has 0 unspecified atom stereocenters. The smallest absolute Gasteiger partial charge is 0.257 e. The first-order valence-corrected chi connectivity index (χ1v) is 8.68. The van der Waals surface area contributed by atoms with Gasteiger partial charge in [-0.25, -0.2) is 9.97 Å². The first kappa shape index (κ1) is 16.2. The molecule has 7 heteroatoms. The van der Waals surface area contributed by atoms with Crippen LogP contribution in [0.2, 0.25) is 0 Å². The second-order valence-electron chi connectivity index (χ2n) is 5.44. The number of aromatic nitrogens is 3. The van der Waals surface area contributed by atoms with Crippen molar-refractivity contribution in [1.82, 2.24) is 15.0 Å². The summed E-state index contributed by atoms with van der Waals surface area (Å²) in [4.78, 5) is 25.4. The molecule has 0 saturated heterocycles. The number of fused-ring (bicyclic) bond motifs is 1. The summed E-state index contributed by atoms with van der Waals surface area (Å²) >= 11 is 1.38. The van der Waals surface area contributed by atoms with Crippen LogP contribution in [0.25, 0.3) is 21.3 Å². The van der Waals surface area contributed by atoms with E-state index in [9.17, 15) is 4.79 Å². The van der Waals surface area contributed by atoms with Crippen molar-refractivity contribution in [3.63, 3.8) is 0 Å². The minimum atomic E-state index is -0.209. The fourth-order valence-corrected chi connectivity index (χ4v) is 3.56. The number of amides is 1. The van der Waals surface area contributed by atoms with Crippen LogP contribution in [0.15, 0.2) is 61.1 Å². The molecule has 4 rings (SSSR count). The van der Waals surface area contributed by atoms with Crippen LogP contribution < -0.4 is 10.1 Å². The van der Waals surface area contributed by atoms with Gasteiger partial charge in [0, 0.05) is 35.3 Å². The van der Waals surface area contributed by atoms with Gasteiger partial charge in [-0.1, -0.05) is 35.6 Å². The molecule has 1 amide bonds. The van der Waals surface area contributed by atoms with Crippen molar-refractivity contribution >= 4 is 32.6 Å². The van der Waals surface area contributed by atoms with E-state index in [-0.39, 0.29) is 5.91 Å². The fourth-order valence-electron chi connectivity index (χ4n) is 2.58. The third-order valence-electron chi connectivity index (χ3n) is 3.81. The first-order valence-electron chi connectivity index (χ1n) is 7.86. The number of hydrogen-bond acceptors (Lipinski definition) is 6. The monoisotopic (exact) mass is 362 g/mol. The Labute approximate surface area is 153 Å². The molecule has 0 atom stereocenters. The summed E-state index contributed by atoms with van der Waals surface area (Å²) < 4.78 is 6.21. The van der Waals surface area contributed by atoms with E-state index in [2.05, 4.69) is 20.3 Å². The van der Waals surface area contributed by atoms with Crippen LogP contribution in [-0.4, -0.2) is 28.0 Å². The Morgan fingerprint density at radius 3 is 2.69 bits per heavy atom. The van der Waals surface area contributed by atoms with Crippen LogP contribution in [0.4, 0.5) is 5.13 Å². The van der Waals surface area contributed by atoms with Gasteiger partial charge in [0.1, 0.15) is 5.52 Å². The van der Waals surface area contributed by atoms with E-state index in [1.165, 1.54) is 11.3 Å². The van der Waals surface area contributed by atoms with Gasteiger partial charge < -0.3 is 4.74 Å². The highest BCUT2D eigenvalue weighted by molar-refractivity contribution is 7.23. The lowest BCUT2D eigenvalue weighted by Crippen LogP contribution is -2.11. The maximum Gasteiger partial charge on any atom is 0.257 e. The normalized spacial score (nSPS) is 10.7. The van der Waals surface area contributed by atoms with E-state index >= 15 is 0 Å². The summed E-state index contributed by atoms with van der Waals surface area (Å²) in [6.45, 7) is 0. The highest BCUT2D eigenvalue weighted by Gasteiger charge is 2.17. The largest absolute Gasteiger partial charge is 0.479 e. The highest BCUT2D eigenvalue weighted by atomic mass is 32.1. The van der Waals surface area contributed by atoms with Gasteiger partial charge in [0.25, 0.3) is 5.91 Å². The standard InChI is InChI=1S/C19H14N4O2S/c1-25-18-15-16(14(11-21-18)13-8-5-9-20-10-13)26-19(22-15)23-17(24)12-6-3-2-4-7-12/h2-11H,1H3,(H,22,23,24). The molecule has 0 saturated carbocycles. The molecular formula is C19H14N4O2S. The van der Waals surface area contributed by atoms with Crippen molar-refractivity contribution in [3.8, 4) is 17.0 Å². The third-order valence-corrected chi connectivity index (χ3v) is 4.81. The summed E-state index contributed by atoms with van der Waals surface area (Å²) in [7, 11) is 1.55. The van der Waals surface area contributed by atoms with Crippen LogP contribution in [-0.2, 0) is 0 Å². The summed E-state index contributed by atoms with van der Waals surface area (Å²) in [6.07, 6.45) is 5.22. The molecular weight excluding hydrogens is 348 g/mol. The molecule has 26 heavy (non-hydrogen) atoms. The van der Waals surface area contributed by atoms with E-state index in [1.807, 2.05) is 30.3 Å². The number of hydrogen-bond donors (Lipinski definition) is 1. The number of rotatable bonds is 4. The maximum absolute atomic E-state index is 12.4. The molecule has 1 aromatic carbocycles. The Morgan fingerprint density at radius 2 is 1.96 bits per heavy atom. The number of nitrogens with one attached hydrogen (secondary N) is 1. The Bertz CT molecular complexity index is 1070. The SMILES string of the molecule is COc1ncc(-c2cccnc2)c2sc(NC(=O)c3ccccc3)nc12. The number of carbonyl (C=O) groups excluding carboxylic acids is 1. The van der Waals surface area contributed by atoms with Gasteiger partial charge in [-0.3, -0.25) is 15.1 Å². The summed E-state index contributed by atoms with van der Waals surface area (Å²) in [6, 6.07) is 12.8. The number of nitrogens with zero attached hydrogens (tertiary/aromatic N) is 3. The molecule has 0 aliphatic carbocycles. The molecule has 1 N–H and O–H groups in total. The van der Waals surface area contributed by atoms with Crippen LogP contribution in [0.3, 0.4) is 0 Å². The quantitative estimate of drug-likeness (QED) is 0.593. The zero-order valence-corrected chi connectivity index (χ0v) is 14.7. The van der Waals surface area contributed by atoms with Crippen molar-refractivity contribution in [3.05, 3.63) is 66.6 Å². The number of thiazole rings is 1. The predicted molar refractivity (Wildman–Crippen MR) is 102 cm³/mol. The van der Waals surface area contributed by atoms with Crippen LogP contribution >= 0.6 is 11.3 Å². The third kappa shape index (κ3) is 3.00. The molecule has 0 radical (unpaired) electrons. The molecule has 0 spiro atoms. The minimum Gasteiger partial charge on any atom is -0.479 e. The van der Waals surface area contributed by atoms with Crippen molar-refractivity contribution in [1.29, 1.82) is 0 Å². The number of ether oxygens (including phenoxy) is 1. The van der Waals surface area contributed by atoms with Crippen molar-refractivity contribution in [2.45, 2.75) is 0 Å². The van der Waals surface area contributed by atoms with Crippen LogP contribution in [0.5, 0.6) is 5.88 Å². The van der Waals surface area contributed by atoms with E-state index in [1.54, 1.807) is 37.8 Å². The van der Waals surface area contributed by atoms with E-state index < -0.39 is 0 Å². The molecule has 4 aromatic rings. The predicted octanol–water partition coefficient (Wildman–Crippen LogP) is 4.01. The van der Waals surface area contributed by atoms with E-state index in [0.717, 1.165) is 15.8 Å². The molecule has 0 aliphatic rings. The summed E-state index contributed by atoms with van der Waals surface area (Å²) in [5.41, 5.74) is 3.01. The van der Waals surface area contributed by atoms with Gasteiger partial charge in [0.2, 0.25) is 5.88 Å². The second-order valence-corrected chi connectivity index (χ2v) is 6.44. The van der Waals surface area contributed by atoms with Crippen molar-refractivity contribution in [2.75, 3.05) is 12.4 Å². The van der Waals surface area contributed by atoms with Gasteiger partial charge >= 0.3 is 0 Å². The van der Waals surface area contributed by atoms with Crippen molar-refractivity contribution < 1.29 is 9.53 Å². The molecule has 0 bridgehead atoms. The molecule has 3 heterocycles. The summed E-state index contributed by atoms with van der Waals surface area (Å²) in [5.74, 6) is 0.212. The Balaban J connectivity index is 1.77. The number of anilines is 1. The zero-order chi connectivity index (χ0) is 17.9. The molecule has 0 fully saturated rings. The van der Waals surface area contributed by atoms with Gasteiger partial charge in [0.05, 0.1) is 11.8 Å². The summed E-state index contributed by atoms with van der Waals surface area (Å²) in [5, 5.41) is 3.34. The fraction of sp³-hybridized carbons (Fsp3) is 0.0526. The number of pyridine rings is 2. The van der Waals surface area contributed by atoms with Gasteiger partial charge in [-0.15, -0.1) is 0 Å². The van der Waals surface area contributed by atoms with E-state index in [0.29, 0.717) is 22.1 Å². The minimum absolute atomic E-state index is 0.209. The lowest BCUT2D eigenvalue weighted by Gasteiger charge is -2.04. The number of carbonyl (C=O) groups is 1. The molecule has 3 aromatic heterocycles. The number of benzene rings is 1. The van der Waals surface area contributed by atoms with Crippen LogP contribution in [0, 0.1) is 0 Å². The van der Waals surface area contributed by atoms with Gasteiger partial charge in [-0.05, 0) is 18.2 Å². The van der Waals surface area contributed by atoms with Gasteiger partial charge in [-0.2, -0.15) is 0 Å². The zero-order valence-electron chi connectivity index (χ0n) is 13.8. The Morgan fingerprint density at radius 1 is 1.12 bits per heavy atom. The second kappa shape index (κ2) is 6.89. The number of methoxy groups -OCH3 is 1. The average Bonchev–Trinajstić information content (AvgIpc) is 3.12. The van der Waals surface area contributed by atoms with Gasteiger partial charge in [0.15, 0.2) is 5.13 Å². The van der Waals surface area contributed by atoms with E-state index in [4.69, 9.17) is 4.74 Å². The van der Waals surface area contributed by atoms with Crippen LogP contribution in [0.1, 0.15) is 10.4 Å². The lowest BCUT2D eigenvalue weighted by atomic mass is 10.1. The Hall–Kier alpha value is -3.32. The lowest BCUT2D eigenvalue weighted by molar-refractivity contribution is 0.102. The molecule has 0 aliphatic heterocycles. The first-order chi connectivity index (χ1) is 12.8. The highest BCUT2D eigenvalue weighted by Crippen LogP contribution is 2.38. The average molecular weight is 362 g/mol. The topological polar surface area (TPSA) is 77.0 Å². The van der Waals surface area contributed by atoms with Crippen molar-refractivity contribution in [2.24, 2.45) is 0 Å². The molecule has 128 valence electrons.